The minimum Gasteiger partial charge on any atom is -0.399 e. The molecule has 18 heavy (non-hydrogen) atoms. The van der Waals surface area contributed by atoms with Crippen LogP contribution in [0.15, 0.2) is 29.6 Å². The molecule has 4 heteroatoms. The Labute approximate surface area is 116 Å². The maximum absolute atomic E-state index is 6.31. The van der Waals surface area contributed by atoms with Crippen molar-refractivity contribution in [2.75, 3.05) is 17.2 Å². The van der Waals surface area contributed by atoms with E-state index >= 15 is 0 Å². The molecule has 0 saturated heterocycles. The highest BCUT2D eigenvalue weighted by molar-refractivity contribution is 7.10. The van der Waals surface area contributed by atoms with Crippen LogP contribution in [-0.2, 0) is 6.42 Å². The standard InChI is InChI=1S/C14H15ClN2S/c1-9-11-5-7-18-14(11)4-6-17(9)13-3-2-10(16)8-12(13)15/h2-3,5,7-9H,4,6,16H2,1H3. The van der Waals surface area contributed by atoms with Gasteiger partial charge in [-0.15, -0.1) is 11.3 Å². The lowest BCUT2D eigenvalue weighted by Crippen LogP contribution is -2.33. The molecule has 0 saturated carbocycles. The van der Waals surface area contributed by atoms with Gasteiger partial charge in [0.2, 0.25) is 0 Å². The zero-order valence-corrected chi connectivity index (χ0v) is 11.8. The quantitative estimate of drug-likeness (QED) is 0.796. The predicted molar refractivity (Wildman–Crippen MR) is 79.6 cm³/mol. The van der Waals surface area contributed by atoms with Crippen molar-refractivity contribution in [3.05, 3.63) is 45.1 Å². The van der Waals surface area contributed by atoms with Gasteiger partial charge in [-0.05, 0) is 48.6 Å². The number of nitrogens with two attached hydrogens (primary N) is 1. The first kappa shape index (κ1) is 11.9. The summed E-state index contributed by atoms with van der Waals surface area (Å²) in [7, 11) is 0. The Morgan fingerprint density at radius 1 is 1.39 bits per heavy atom. The van der Waals surface area contributed by atoms with Gasteiger partial charge in [-0.2, -0.15) is 0 Å². The topological polar surface area (TPSA) is 29.3 Å². The van der Waals surface area contributed by atoms with Gasteiger partial charge in [0.25, 0.3) is 0 Å². The van der Waals surface area contributed by atoms with Crippen molar-refractivity contribution in [3.8, 4) is 0 Å². The first-order valence-electron chi connectivity index (χ1n) is 6.05. The average Bonchev–Trinajstić information content (AvgIpc) is 2.80. The average molecular weight is 279 g/mol. The van der Waals surface area contributed by atoms with Crippen LogP contribution in [0.5, 0.6) is 0 Å². The number of anilines is 2. The second kappa shape index (κ2) is 4.48. The molecule has 1 aliphatic heterocycles. The third kappa shape index (κ3) is 1.88. The molecule has 1 aliphatic rings. The van der Waals surface area contributed by atoms with E-state index in [4.69, 9.17) is 17.3 Å². The van der Waals surface area contributed by atoms with Crippen molar-refractivity contribution in [1.82, 2.24) is 0 Å². The fraction of sp³-hybridized carbons (Fsp3) is 0.286. The summed E-state index contributed by atoms with van der Waals surface area (Å²) < 4.78 is 0. The normalized spacial score (nSPS) is 18.8. The van der Waals surface area contributed by atoms with Crippen LogP contribution in [0.2, 0.25) is 5.02 Å². The summed E-state index contributed by atoms with van der Waals surface area (Å²) in [6, 6.07) is 8.36. The van der Waals surface area contributed by atoms with Gasteiger partial charge in [-0.1, -0.05) is 11.6 Å². The molecule has 94 valence electrons. The lowest BCUT2D eigenvalue weighted by atomic mass is 10.0. The summed E-state index contributed by atoms with van der Waals surface area (Å²) in [4.78, 5) is 3.86. The van der Waals surface area contributed by atoms with Gasteiger partial charge in [-0.3, -0.25) is 0 Å². The van der Waals surface area contributed by atoms with Crippen LogP contribution in [0, 0.1) is 0 Å². The summed E-state index contributed by atoms with van der Waals surface area (Å²) in [5, 5.41) is 2.91. The zero-order chi connectivity index (χ0) is 12.7. The first-order chi connectivity index (χ1) is 8.66. The SMILES string of the molecule is CC1c2ccsc2CCN1c1ccc(N)cc1Cl. The number of halogens is 1. The smallest absolute Gasteiger partial charge is 0.0660 e. The lowest BCUT2D eigenvalue weighted by Gasteiger charge is -2.36. The van der Waals surface area contributed by atoms with Crippen molar-refractivity contribution < 1.29 is 0 Å². The number of nitrogens with zero attached hydrogens (tertiary/aromatic N) is 1. The third-order valence-electron chi connectivity index (χ3n) is 3.56. The molecule has 3 rings (SSSR count). The van der Waals surface area contributed by atoms with E-state index in [1.807, 2.05) is 29.5 Å². The van der Waals surface area contributed by atoms with Crippen molar-refractivity contribution >= 4 is 34.3 Å². The molecule has 2 N–H and O–H groups in total. The molecule has 0 bridgehead atoms. The number of nitrogen functional groups attached to an aromatic ring is 1. The zero-order valence-electron chi connectivity index (χ0n) is 10.2. The summed E-state index contributed by atoms with van der Waals surface area (Å²) in [6.07, 6.45) is 1.10. The van der Waals surface area contributed by atoms with Crippen molar-refractivity contribution in [2.24, 2.45) is 0 Å². The van der Waals surface area contributed by atoms with Crippen LogP contribution < -0.4 is 10.6 Å². The fourth-order valence-corrected chi connectivity index (χ4v) is 3.85. The van der Waals surface area contributed by atoms with Crippen LogP contribution in [-0.4, -0.2) is 6.54 Å². The molecule has 2 nitrogen and oxygen atoms in total. The molecule has 0 radical (unpaired) electrons. The second-order valence-corrected chi connectivity index (χ2v) is 6.04. The van der Waals surface area contributed by atoms with Crippen LogP contribution in [0.4, 0.5) is 11.4 Å². The van der Waals surface area contributed by atoms with Crippen LogP contribution in [0.1, 0.15) is 23.4 Å². The summed E-state index contributed by atoms with van der Waals surface area (Å²) in [5.41, 5.74) is 8.97. The predicted octanol–water partition coefficient (Wildman–Crippen LogP) is 4.11. The summed E-state index contributed by atoms with van der Waals surface area (Å²) in [6.45, 7) is 3.25. The van der Waals surface area contributed by atoms with E-state index in [-0.39, 0.29) is 0 Å². The maximum Gasteiger partial charge on any atom is 0.0660 e. The molecule has 2 heterocycles. The highest BCUT2D eigenvalue weighted by Crippen LogP contribution is 2.39. The van der Waals surface area contributed by atoms with Gasteiger partial charge >= 0.3 is 0 Å². The largest absolute Gasteiger partial charge is 0.399 e. The second-order valence-electron chi connectivity index (χ2n) is 4.63. The number of rotatable bonds is 1. The Morgan fingerprint density at radius 2 is 2.22 bits per heavy atom. The van der Waals surface area contributed by atoms with Crippen LogP contribution >= 0.6 is 22.9 Å². The highest BCUT2D eigenvalue weighted by atomic mass is 35.5. The lowest BCUT2D eigenvalue weighted by molar-refractivity contribution is 0.633. The van der Waals surface area contributed by atoms with Gasteiger partial charge in [0.15, 0.2) is 0 Å². The Bertz CT molecular complexity index is 579. The minimum absolute atomic E-state index is 0.376. The van der Waals surface area contributed by atoms with Crippen molar-refractivity contribution in [1.29, 1.82) is 0 Å². The van der Waals surface area contributed by atoms with Gasteiger partial charge in [-0.25, -0.2) is 0 Å². The van der Waals surface area contributed by atoms with Gasteiger partial charge < -0.3 is 10.6 Å². The molecular formula is C14H15ClN2S. The molecule has 1 atom stereocenters. The highest BCUT2D eigenvalue weighted by Gasteiger charge is 2.25. The molecule has 0 fully saturated rings. The maximum atomic E-state index is 6.31. The molecule has 1 aromatic carbocycles. The molecular weight excluding hydrogens is 264 g/mol. The fourth-order valence-electron chi connectivity index (χ4n) is 2.59. The number of hydrogen-bond donors (Lipinski definition) is 1. The number of thiophene rings is 1. The monoisotopic (exact) mass is 278 g/mol. The van der Waals surface area contributed by atoms with Gasteiger partial charge in [0, 0.05) is 17.1 Å². The number of benzene rings is 1. The number of fused-ring (bicyclic) bond motifs is 1. The summed E-state index contributed by atoms with van der Waals surface area (Å²) >= 11 is 8.16. The Morgan fingerprint density at radius 3 is 3.00 bits per heavy atom. The summed E-state index contributed by atoms with van der Waals surface area (Å²) in [5.74, 6) is 0. The molecule has 1 unspecified atom stereocenters. The van der Waals surface area contributed by atoms with Gasteiger partial charge in [0.1, 0.15) is 0 Å². The van der Waals surface area contributed by atoms with Crippen molar-refractivity contribution in [2.45, 2.75) is 19.4 Å². The Balaban J connectivity index is 1.99. The third-order valence-corrected chi connectivity index (χ3v) is 4.86. The molecule has 0 amide bonds. The Kier molecular flexibility index (Phi) is 2.96. The van der Waals surface area contributed by atoms with Crippen LogP contribution in [0.25, 0.3) is 0 Å². The van der Waals surface area contributed by atoms with E-state index in [1.54, 1.807) is 0 Å². The van der Waals surface area contributed by atoms with E-state index in [1.165, 1.54) is 10.4 Å². The van der Waals surface area contributed by atoms with E-state index in [0.29, 0.717) is 11.7 Å². The van der Waals surface area contributed by atoms with Crippen molar-refractivity contribution in [3.63, 3.8) is 0 Å². The van der Waals surface area contributed by atoms with Crippen LogP contribution in [0.3, 0.4) is 0 Å². The number of hydrogen-bond acceptors (Lipinski definition) is 3. The molecule has 0 spiro atoms. The van der Waals surface area contributed by atoms with E-state index in [0.717, 1.165) is 23.7 Å². The Hall–Kier alpha value is -1.19. The van der Waals surface area contributed by atoms with Gasteiger partial charge in [0.05, 0.1) is 16.8 Å². The minimum atomic E-state index is 0.376. The molecule has 0 aliphatic carbocycles. The van der Waals surface area contributed by atoms with E-state index < -0.39 is 0 Å². The molecule has 1 aromatic heterocycles. The molecule has 2 aromatic rings. The van der Waals surface area contributed by atoms with E-state index in [9.17, 15) is 0 Å². The van der Waals surface area contributed by atoms with E-state index in [2.05, 4.69) is 23.3 Å². The first-order valence-corrected chi connectivity index (χ1v) is 7.30.